The quantitative estimate of drug-likeness (QED) is 0.874. The number of carbonyl (C=O) groups excluding carboxylic acids is 1. The number of halogens is 2. The summed E-state index contributed by atoms with van der Waals surface area (Å²) >= 11 is 3.08. The van der Waals surface area contributed by atoms with Gasteiger partial charge in [-0.1, -0.05) is 6.92 Å². The minimum absolute atomic E-state index is 0.0673. The molecule has 0 aliphatic heterocycles. The molecule has 0 saturated heterocycles. The van der Waals surface area contributed by atoms with Crippen molar-refractivity contribution in [1.82, 2.24) is 5.32 Å². The third-order valence-electron chi connectivity index (χ3n) is 1.94. The van der Waals surface area contributed by atoms with Crippen molar-refractivity contribution in [3.05, 3.63) is 28.5 Å². The fraction of sp³-hybridized carbons (Fsp3) is 0.364. The molecular formula is C11H14BrFN2O. The van der Waals surface area contributed by atoms with Gasteiger partial charge < -0.3 is 10.6 Å². The van der Waals surface area contributed by atoms with E-state index < -0.39 is 0 Å². The molecule has 16 heavy (non-hydrogen) atoms. The van der Waals surface area contributed by atoms with Crippen molar-refractivity contribution in [2.45, 2.75) is 13.3 Å². The number of anilines is 1. The lowest BCUT2D eigenvalue weighted by Crippen LogP contribution is -2.30. The van der Waals surface area contributed by atoms with Crippen LogP contribution in [0, 0.1) is 5.82 Å². The molecule has 2 N–H and O–H groups in total. The molecule has 0 fully saturated rings. The van der Waals surface area contributed by atoms with Crippen molar-refractivity contribution in [1.29, 1.82) is 0 Å². The largest absolute Gasteiger partial charge is 0.376 e. The molecule has 0 aromatic heterocycles. The molecular weight excluding hydrogens is 275 g/mol. The Morgan fingerprint density at radius 3 is 2.88 bits per heavy atom. The van der Waals surface area contributed by atoms with Gasteiger partial charge in [-0.3, -0.25) is 4.79 Å². The summed E-state index contributed by atoms with van der Waals surface area (Å²) in [6.45, 7) is 2.86. The average molecular weight is 289 g/mol. The second-order valence-electron chi connectivity index (χ2n) is 3.33. The Balaban J connectivity index is 2.42. The number of amides is 1. The Morgan fingerprint density at radius 2 is 2.25 bits per heavy atom. The van der Waals surface area contributed by atoms with Gasteiger partial charge in [0.25, 0.3) is 0 Å². The molecule has 0 spiro atoms. The van der Waals surface area contributed by atoms with E-state index >= 15 is 0 Å². The van der Waals surface area contributed by atoms with Gasteiger partial charge in [0.2, 0.25) is 5.91 Å². The zero-order valence-corrected chi connectivity index (χ0v) is 10.6. The van der Waals surface area contributed by atoms with E-state index in [1.807, 2.05) is 6.92 Å². The van der Waals surface area contributed by atoms with Gasteiger partial charge in [0.15, 0.2) is 0 Å². The summed E-state index contributed by atoms with van der Waals surface area (Å²) in [7, 11) is 0. The van der Waals surface area contributed by atoms with Crippen LogP contribution < -0.4 is 10.6 Å². The Kier molecular flexibility index (Phi) is 5.25. The molecule has 3 nitrogen and oxygen atoms in total. The van der Waals surface area contributed by atoms with Crippen molar-refractivity contribution in [2.24, 2.45) is 0 Å². The van der Waals surface area contributed by atoms with Crippen molar-refractivity contribution in [3.63, 3.8) is 0 Å². The summed E-state index contributed by atoms with van der Waals surface area (Å²) in [5, 5.41) is 5.65. The Bertz CT molecular complexity index is 371. The molecule has 0 unspecified atom stereocenters. The van der Waals surface area contributed by atoms with E-state index in [1.165, 1.54) is 6.07 Å². The van der Waals surface area contributed by atoms with E-state index in [9.17, 15) is 9.18 Å². The number of hydrogen-bond acceptors (Lipinski definition) is 2. The summed E-state index contributed by atoms with van der Waals surface area (Å²) in [4.78, 5) is 11.3. The van der Waals surface area contributed by atoms with Gasteiger partial charge in [-0.2, -0.15) is 0 Å². The highest BCUT2D eigenvalue weighted by Crippen LogP contribution is 2.19. The number of hydrogen-bond donors (Lipinski definition) is 2. The van der Waals surface area contributed by atoms with Gasteiger partial charge >= 0.3 is 0 Å². The summed E-state index contributed by atoms with van der Waals surface area (Å²) in [6, 6.07) is 4.53. The van der Waals surface area contributed by atoms with E-state index in [2.05, 4.69) is 26.6 Å². The van der Waals surface area contributed by atoms with E-state index in [-0.39, 0.29) is 18.3 Å². The molecule has 88 valence electrons. The van der Waals surface area contributed by atoms with Crippen LogP contribution in [0.2, 0.25) is 0 Å². The van der Waals surface area contributed by atoms with Crippen molar-refractivity contribution < 1.29 is 9.18 Å². The maximum atomic E-state index is 12.9. The fourth-order valence-electron chi connectivity index (χ4n) is 1.12. The van der Waals surface area contributed by atoms with Crippen molar-refractivity contribution in [2.75, 3.05) is 18.4 Å². The van der Waals surface area contributed by atoms with Gasteiger partial charge in [-0.15, -0.1) is 0 Å². The first-order valence-electron chi connectivity index (χ1n) is 5.09. The first-order valence-corrected chi connectivity index (χ1v) is 5.88. The van der Waals surface area contributed by atoms with Gasteiger partial charge in [0.1, 0.15) is 5.82 Å². The van der Waals surface area contributed by atoms with E-state index in [0.717, 1.165) is 6.42 Å². The SMILES string of the molecule is CCCNC(=O)CNc1ccc(F)c(Br)c1. The van der Waals surface area contributed by atoms with Crippen LogP contribution in [0.5, 0.6) is 0 Å². The highest BCUT2D eigenvalue weighted by Gasteiger charge is 2.02. The second kappa shape index (κ2) is 6.48. The number of nitrogens with one attached hydrogen (secondary N) is 2. The van der Waals surface area contributed by atoms with E-state index in [1.54, 1.807) is 12.1 Å². The van der Waals surface area contributed by atoms with Gasteiger partial charge in [-0.25, -0.2) is 4.39 Å². The number of rotatable bonds is 5. The summed E-state index contributed by atoms with van der Waals surface area (Å²) in [6.07, 6.45) is 0.911. The highest BCUT2D eigenvalue weighted by atomic mass is 79.9. The molecule has 0 radical (unpaired) electrons. The summed E-state index contributed by atoms with van der Waals surface area (Å²) in [5.41, 5.74) is 0.708. The van der Waals surface area contributed by atoms with Crippen LogP contribution in [0.3, 0.4) is 0 Å². The topological polar surface area (TPSA) is 41.1 Å². The Hall–Kier alpha value is -1.10. The first kappa shape index (κ1) is 13.0. The van der Waals surface area contributed by atoms with Crippen LogP contribution in [0.15, 0.2) is 22.7 Å². The molecule has 0 heterocycles. The van der Waals surface area contributed by atoms with E-state index in [0.29, 0.717) is 16.7 Å². The van der Waals surface area contributed by atoms with Crippen LogP contribution in [-0.4, -0.2) is 19.0 Å². The molecule has 1 rings (SSSR count). The predicted molar refractivity (Wildman–Crippen MR) is 65.9 cm³/mol. The van der Waals surface area contributed by atoms with Crippen LogP contribution in [0.4, 0.5) is 10.1 Å². The Morgan fingerprint density at radius 1 is 1.50 bits per heavy atom. The van der Waals surface area contributed by atoms with Gasteiger partial charge in [-0.05, 0) is 40.5 Å². The van der Waals surface area contributed by atoms with Crippen LogP contribution >= 0.6 is 15.9 Å². The van der Waals surface area contributed by atoms with Crippen LogP contribution in [-0.2, 0) is 4.79 Å². The van der Waals surface area contributed by atoms with E-state index in [4.69, 9.17) is 0 Å². The van der Waals surface area contributed by atoms with Crippen LogP contribution in [0.25, 0.3) is 0 Å². The molecule has 5 heteroatoms. The van der Waals surface area contributed by atoms with Gasteiger partial charge in [0, 0.05) is 12.2 Å². The maximum Gasteiger partial charge on any atom is 0.239 e. The minimum Gasteiger partial charge on any atom is -0.376 e. The summed E-state index contributed by atoms with van der Waals surface area (Å²) < 4.78 is 13.3. The molecule has 1 aromatic carbocycles. The molecule has 1 aromatic rings. The third-order valence-corrected chi connectivity index (χ3v) is 2.55. The highest BCUT2D eigenvalue weighted by molar-refractivity contribution is 9.10. The molecule has 0 saturated carbocycles. The molecule has 0 aliphatic rings. The number of carbonyl (C=O) groups is 1. The molecule has 0 bridgehead atoms. The number of benzene rings is 1. The lowest BCUT2D eigenvalue weighted by molar-refractivity contribution is -0.119. The maximum absolute atomic E-state index is 12.9. The monoisotopic (exact) mass is 288 g/mol. The van der Waals surface area contributed by atoms with Crippen LogP contribution in [0.1, 0.15) is 13.3 Å². The fourth-order valence-corrected chi connectivity index (χ4v) is 1.49. The van der Waals surface area contributed by atoms with Gasteiger partial charge in [0.05, 0.1) is 11.0 Å². The molecule has 1 amide bonds. The lowest BCUT2D eigenvalue weighted by atomic mass is 10.3. The smallest absolute Gasteiger partial charge is 0.239 e. The normalized spacial score (nSPS) is 9.94. The average Bonchev–Trinajstić information content (AvgIpc) is 2.28. The molecule has 0 aliphatic carbocycles. The zero-order chi connectivity index (χ0) is 12.0. The standard InChI is InChI=1S/C11H14BrFN2O/c1-2-5-14-11(16)7-15-8-3-4-10(13)9(12)6-8/h3-4,6,15H,2,5,7H2,1H3,(H,14,16). The molecule has 0 atom stereocenters. The zero-order valence-electron chi connectivity index (χ0n) is 9.02. The van der Waals surface area contributed by atoms with Crippen molar-refractivity contribution >= 4 is 27.5 Å². The lowest BCUT2D eigenvalue weighted by Gasteiger charge is -2.07. The predicted octanol–water partition coefficient (Wildman–Crippen LogP) is 2.53. The minimum atomic E-state index is -0.319. The second-order valence-corrected chi connectivity index (χ2v) is 4.19. The summed E-state index contributed by atoms with van der Waals surface area (Å²) in [5.74, 6) is -0.386. The first-order chi connectivity index (χ1) is 7.63. The van der Waals surface area contributed by atoms with Crippen molar-refractivity contribution in [3.8, 4) is 0 Å². The Labute approximate surface area is 103 Å². The third kappa shape index (κ3) is 4.18.